The maximum atomic E-state index is 13.2. The number of piperidine rings is 1. The van der Waals surface area contributed by atoms with Crippen molar-refractivity contribution in [3.05, 3.63) is 42.0 Å². The predicted molar refractivity (Wildman–Crippen MR) is 129 cm³/mol. The summed E-state index contributed by atoms with van der Waals surface area (Å²) in [5.74, 6) is -0.210. The van der Waals surface area contributed by atoms with Crippen LogP contribution in [-0.2, 0) is 20.7 Å². The van der Waals surface area contributed by atoms with Gasteiger partial charge in [0, 0.05) is 30.9 Å². The highest BCUT2D eigenvalue weighted by atomic mass is 16.6. The number of para-hydroxylation sites is 1. The summed E-state index contributed by atoms with van der Waals surface area (Å²) in [4.78, 5) is 42.0. The molecule has 3 rings (SSSR count). The standard InChI is InChI=1S/C26H37N3O4/c1-18(2)20(13-14-23(30)28-17-15-19-10-6-7-11-21(19)28)27-24(31)22-12-8-9-16-29(22)25(32)33-26(3,4)5/h6-7,10-11,13-14,18,20,22H,8-9,12,15-17H2,1-5H3,(H,27,31)/b14-13+/t20-,22+/m1/s1. The van der Waals surface area contributed by atoms with Gasteiger partial charge in [0.15, 0.2) is 0 Å². The van der Waals surface area contributed by atoms with Gasteiger partial charge in [-0.2, -0.15) is 0 Å². The van der Waals surface area contributed by atoms with Gasteiger partial charge in [0.2, 0.25) is 5.91 Å². The highest BCUT2D eigenvalue weighted by Gasteiger charge is 2.35. The van der Waals surface area contributed by atoms with Crippen LogP contribution in [-0.4, -0.2) is 53.6 Å². The van der Waals surface area contributed by atoms with Gasteiger partial charge in [-0.05, 0) is 64.0 Å². The van der Waals surface area contributed by atoms with Crippen molar-refractivity contribution >= 4 is 23.6 Å². The first kappa shape index (κ1) is 24.8. The summed E-state index contributed by atoms with van der Waals surface area (Å²) >= 11 is 0. The highest BCUT2D eigenvalue weighted by molar-refractivity contribution is 6.03. The molecular formula is C26H37N3O4. The lowest BCUT2D eigenvalue weighted by molar-refractivity contribution is -0.128. The number of hydrogen-bond donors (Lipinski definition) is 1. The molecule has 7 nitrogen and oxygen atoms in total. The van der Waals surface area contributed by atoms with Crippen molar-refractivity contribution < 1.29 is 19.1 Å². The van der Waals surface area contributed by atoms with Gasteiger partial charge in [0.1, 0.15) is 11.6 Å². The Labute approximate surface area is 197 Å². The lowest BCUT2D eigenvalue weighted by Gasteiger charge is -2.36. The van der Waals surface area contributed by atoms with Crippen LogP contribution in [0.2, 0.25) is 0 Å². The van der Waals surface area contributed by atoms with Gasteiger partial charge in [0.05, 0.1) is 0 Å². The topological polar surface area (TPSA) is 79.0 Å². The molecule has 1 fully saturated rings. The first-order valence-electron chi connectivity index (χ1n) is 11.9. The summed E-state index contributed by atoms with van der Waals surface area (Å²) in [5.41, 5.74) is 1.51. The van der Waals surface area contributed by atoms with Gasteiger partial charge < -0.3 is 15.0 Å². The van der Waals surface area contributed by atoms with Crippen molar-refractivity contribution in [3.8, 4) is 0 Å². The van der Waals surface area contributed by atoms with Crippen LogP contribution in [0.3, 0.4) is 0 Å². The Morgan fingerprint density at radius 2 is 1.85 bits per heavy atom. The van der Waals surface area contributed by atoms with Gasteiger partial charge in [-0.1, -0.05) is 38.1 Å². The normalized spacial score (nSPS) is 19.5. The van der Waals surface area contributed by atoms with E-state index in [1.165, 1.54) is 10.5 Å². The van der Waals surface area contributed by atoms with Gasteiger partial charge in [0.25, 0.3) is 5.91 Å². The van der Waals surface area contributed by atoms with Crippen LogP contribution in [0.4, 0.5) is 10.5 Å². The van der Waals surface area contributed by atoms with Crippen molar-refractivity contribution in [1.29, 1.82) is 0 Å². The second-order valence-electron chi connectivity index (χ2n) is 10.2. The van der Waals surface area contributed by atoms with Crippen LogP contribution < -0.4 is 10.2 Å². The summed E-state index contributed by atoms with van der Waals surface area (Å²) in [6.45, 7) is 10.6. The van der Waals surface area contributed by atoms with E-state index >= 15 is 0 Å². The molecule has 0 bridgehead atoms. The molecule has 0 spiro atoms. The van der Waals surface area contributed by atoms with Crippen LogP contribution in [0.15, 0.2) is 36.4 Å². The predicted octanol–water partition coefficient (Wildman–Crippen LogP) is 4.06. The second-order valence-corrected chi connectivity index (χ2v) is 10.2. The maximum Gasteiger partial charge on any atom is 0.410 e. The minimum Gasteiger partial charge on any atom is -0.444 e. The molecule has 2 aliphatic heterocycles. The summed E-state index contributed by atoms with van der Waals surface area (Å²) in [6.07, 6.45) is 6.05. The van der Waals surface area contributed by atoms with E-state index in [4.69, 9.17) is 4.74 Å². The van der Waals surface area contributed by atoms with E-state index in [0.717, 1.165) is 24.9 Å². The largest absolute Gasteiger partial charge is 0.444 e. The first-order valence-corrected chi connectivity index (χ1v) is 11.9. The third kappa shape index (κ3) is 6.36. The van der Waals surface area contributed by atoms with Crippen molar-refractivity contribution in [2.24, 2.45) is 5.92 Å². The number of benzene rings is 1. The van der Waals surface area contributed by atoms with Crippen molar-refractivity contribution in [1.82, 2.24) is 10.2 Å². The summed E-state index contributed by atoms with van der Waals surface area (Å²) in [7, 11) is 0. The molecule has 0 unspecified atom stereocenters. The van der Waals surface area contributed by atoms with Crippen molar-refractivity contribution in [3.63, 3.8) is 0 Å². The van der Waals surface area contributed by atoms with Crippen molar-refractivity contribution in [2.75, 3.05) is 18.0 Å². The number of rotatable bonds is 5. The Kier molecular flexibility index (Phi) is 7.82. The molecule has 2 aliphatic rings. The lowest BCUT2D eigenvalue weighted by atomic mass is 9.99. The Bertz CT molecular complexity index is 903. The number of carbonyl (C=O) groups is 3. The van der Waals surface area contributed by atoms with Gasteiger partial charge in [-0.25, -0.2) is 4.79 Å². The van der Waals surface area contributed by atoms with E-state index in [1.807, 2.05) is 58.9 Å². The number of hydrogen-bond acceptors (Lipinski definition) is 4. The van der Waals surface area contributed by atoms with Crippen LogP contribution in [0.1, 0.15) is 59.4 Å². The molecule has 1 saturated heterocycles. The molecule has 2 heterocycles. The number of ether oxygens (including phenoxy) is 1. The number of carbonyl (C=O) groups excluding carboxylic acids is 3. The van der Waals surface area contributed by atoms with Crippen LogP contribution in [0, 0.1) is 5.92 Å². The number of nitrogens with one attached hydrogen (secondary N) is 1. The zero-order valence-electron chi connectivity index (χ0n) is 20.5. The Morgan fingerprint density at radius 1 is 1.12 bits per heavy atom. The average Bonchev–Trinajstić information content (AvgIpc) is 3.19. The fourth-order valence-electron chi connectivity index (χ4n) is 4.28. The summed E-state index contributed by atoms with van der Waals surface area (Å²) in [6, 6.07) is 7.05. The molecule has 7 heteroatoms. The SMILES string of the molecule is CC(C)[C@@H](/C=C/C(=O)N1CCc2ccccc21)NC(=O)[C@@H]1CCCCN1C(=O)OC(C)(C)C. The minimum atomic E-state index is -0.618. The first-order chi connectivity index (χ1) is 15.6. The smallest absolute Gasteiger partial charge is 0.410 e. The number of likely N-dealkylation sites (tertiary alicyclic amines) is 1. The fraction of sp³-hybridized carbons (Fsp3) is 0.577. The molecule has 0 aliphatic carbocycles. The molecular weight excluding hydrogens is 418 g/mol. The lowest BCUT2D eigenvalue weighted by Crippen LogP contribution is -2.55. The van der Waals surface area contributed by atoms with E-state index in [1.54, 1.807) is 17.1 Å². The highest BCUT2D eigenvalue weighted by Crippen LogP contribution is 2.27. The zero-order valence-corrected chi connectivity index (χ0v) is 20.5. The molecule has 3 amide bonds. The minimum absolute atomic E-state index is 0.0856. The van der Waals surface area contributed by atoms with Crippen LogP contribution >= 0.6 is 0 Å². The third-order valence-electron chi connectivity index (χ3n) is 6.06. The van der Waals surface area contributed by atoms with E-state index in [9.17, 15) is 14.4 Å². The molecule has 1 aromatic rings. The molecule has 1 aromatic carbocycles. The van der Waals surface area contributed by atoms with Gasteiger partial charge in [-0.3, -0.25) is 14.5 Å². The van der Waals surface area contributed by atoms with E-state index in [0.29, 0.717) is 19.5 Å². The Hall–Kier alpha value is -2.83. The molecule has 33 heavy (non-hydrogen) atoms. The molecule has 0 saturated carbocycles. The monoisotopic (exact) mass is 455 g/mol. The number of anilines is 1. The Balaban J connectivity index is 1.66. The molecule has 180 valence electrons. The van der Waals surface area contributed by atoms with Crippen molar-refractivity contribution in [2.45, 2.75) is 78.0 Å². The molecule has 0 aromatic heterocycles. The zero-order chi connectivity index (χ0) is 24.2. The molecule has 2 atom stereocenters. The van der Waals surface area contributed by atoms with E-state index < -0.39 is 17.7 Å². The van der Waals surface area contributed by atoms with Gasteiger partial charge >= 0.3 is 6.09 Å². The van der Waals surface area contributed by atoms with Crippen LogP contribution in [0.5, 0.6) is 0 Å². The second kappa shape index (κ2) is 10.4. The number of nitrogens with zero attached hydrogens (tertiary/aromatic N) is 2. The number of fused-ring (bicyclic) bond motifs is 1. The maximum absolute atomic E-state index is 13.2. The summed E-state index contributed by atoms with van der Waals surface area (Å²) < 4.78 is 5.52. The molecule has 0 radical (unpaired) electrons. The Morgan fingerprint density at radius 3 is 2.55 bits per heavy atom. The quantitative estimate of drug-likeness (QED) is 0.679. The number of amides is 3. The molecule has 1 N–H and O–H groups in total. The van der Waals surface area contributed by atoms with Gasteiger partial charge in [-0.15, -0.1) is 0 Å². The van der Waals surface area contributed by atoms with Crippen LogP contribution in [0.25, 0.3) is 0 Å². The third-order valence-corrected chi connectivity index (χ3v) is 6.06. The summed E-state index contributed by atoms with van der Waals surface area (Å²) in [5, 5.41) is 3.05. The van der Waals surface area contributed by atoms with E-state index in [2.05, 4.69) is 5.32 Å². The fourth-order valence-corrected chi connectivity index (χ4v) is 4.28. The average molecular weight is 456 g/mol. The van der Waals surface area contributed by atoms with E-state index in [-0.39, 0.29) is 23.8 Å².